The molecule has 0 saturated carbocycles. The molecular weight excluding hydrogens is 334 g/mol. The predicted octanol–water partition coefficient (Wildman–Crippen LogP) is 4.15. The summed E-state index contributed by atoms with van der Waals surface area (Å²) in [7, 11) is 1.57. The molecule has 1 aromatic carbocycles. The zero-order chi connectivity index (χ0) is 17.0. The zero-order valence-corrected chi connectivity index (χ0v) is 15.0. The Morgan fingerprint density at radius 2 is 2.09 bits per heavy atom. The molecule has 1 N–H and O–H groups in total. The summed E-state index contributed by atoms with van der Waals surface area (Å²) in [5, 5.41) is 12.7. The van der Waals surface area contributed by atoms with Gasteiger partial charge in [0.2, 0.25) is 11.0 Å². The number of anilines is 1. The number of halogens is 1. The van der Waals surface area contributed by atoms with Crippen LogP contribution in [0.1, 0.15) is 31.3 Å². The minimum Gasteiger partial charge on any atom is -0.496 e. The Balaban J connectivity index is 2.08. The maximum atomic E-state index is 12.0. The van der Waals surface area contributed by atoms with E-state index in [1.807, 2.05) is 20.8 Å². The van der Waals surface area contributed by atoms with Crippen LogP contribution in [-0.2, 0) is 10.2 Å². The standard InChI is InChI=1S/C16H18ClN3O2S/c1-16(2,3)14-19-20-15(23-14)18-13(21)8-5-10-9-11(17)6-7-12(10)22-4/h5-9H,1-4H3,(H,18,20,21)/b8-5+. The van der Waals surface area contributed by atoms with Gasteiger partial charge in [-0.05, 0) is 24.3 Å². The van der Waals surface area contributed by atoms with Crippen LogP contribution in [0.15, 0.2) is 24.3 Å². The fourth-order valence-electron chi connectivity index (χ4n) is 1.72. The van der Waals surface area contributed by atoms with Crippen LogP contribution in [0.25, 0.3) is 6.08 Å². The summed E-state index contributed by atoms with van der Waals surface area (Å²) in [6, 6.07) is 5.21. The Bertz CT molecular complexity index is 735. The number of hydrogen-bond donors (Lipinski definition) is 1. The van der Waals surface area contributed by atoms with E-state index < -0.39 is 0 Å². The lowest BCUT2D eigenvalue weighted by atomic mass is 9.98. The molecule has 1 aromatic heterocycles. The number of hydrogen-bond acceptors (Lipinski definition) is 5. The topological polar surface area (TPSA) is 64.1 Å². The first kappa shape index (κ1) is 17.4. The van der Waals surface area contributed by atoms with E-state index in [0.29, 0.717) is 15.9 Å². The maximum Gasteiger partial charge on any atom is 0.250 e. The molecule has 2 aromatic rings. The molecule has 0 saturated heterocycles. The molecule has 1 amide bonds. The van der Waals surface area contributed by atoms with E-state index in [1.165, 1.54) is 17.4 Å². The molecule has 23 heavy (non-hydrogen) atoms. The number of amides is 1. The van der Waals surface area contributed by atoms with Crippen LogP contribution in [0.2, 0.25) is 5.02 Å². The monoisotopic (exact) mass is 351 g/mol. The normalized spacial score (nSPS) is 11.7. The molecule has 1 heterocycles. The number of ether oxygens (including phenoxy) is 1. The van der Waals surface area contributed by atoms with Gasteiger partial charge in [0.25, 0.3) is 0 Å². The molecule has 0 aliphatic carbocycles. The van der Waals surface area contributed by atoms with Gasteiger partial charge >= 0.3 is 0 Å². The number of nitrogens with zero attached hydrogens (tertiary/aromatic N) is 2. The van der Waals surface area contributed by atoms with Gasteiger partial charge < -0.3 is 4.74 Å². The molecular formula is C16H18ClN3O2S. The number of methoxy groups -OCH3 is 1. The van der Waals surface area contributed by atoms with Gasteiger partial charge in [-0.1, -0.05) is 43.7 Å². The van der Waals surface area contributed by atoms with Crippen molar-refractivity contribution >= 4 is 40.1 Å². The van der Waals surface area contributed by atoms with E-state index >= 15 is 0 Å². The van der Waals surface area contributed by atoms with Crippen molar-refractivity contribution in [3.8, 4) is 5.75 Å². The van der Waals surface area contributed by atoms with Crippen molar-refractivity contribution in [1.82, 2.24) is 10.2 Å². The summed E-state index contributed by atoms with van der Waals surface area (Å²) < 4.78 is 5.23. The van der Waals surface area contributed by atoms with Gasteiger partial charge in [-0.15, -0.1) is 10.2 Å². The lowest BCUT2D eigenvalue weighted by Crippen LogP contribution is -2.10. The van der Waals surface area contributed by atoms with Crippen LogP contribution in [-0.4, -0.2) is 23.2 Å². The number of nitrogens with one attached hydrogen (secondary N) is 1. The van der Waals surface area contributed by atoms with Crippen LogP contribution in [0, 0.1) is 0 Å². The lowest BCUT2D eigenvalue weighted by Gasteiger charge is -2.12. The molecule has 0 aliphatic rings. The highest BCUT2D eigenvalue weighted by Crippen LogP contribution is 2.28. The van der Waals surface area contributed by atoms with Crippen molar-refractivity contribution < 1.29 is 9.53 Å². The Labute approximate surface area is 144 Å². The van der Waals surface area contributed by atoms with Gasteiger partial charge in [0.1, 0.15) is 10.8 Å². The molecule has 2 rings (SSSR count). The number of rotatable bonds is 4. The predicted molar refractivity (Wildman–Crippen MR) is 94.3 cm³/mol. The van der Waals surface area contributed by atoms with E-state index in [4.69, 9.17) is 16.3 Å². The average molecular weight is 352 g/mol. The van der Waals surface area contributed by atoms with Crippen molar-refractivity contribution in [2.45, 2.75) is 26.2 Å². The molecule has 0 unspecified atom stereocenters. The molecule has 0 radical (unpaired) electrons. The summed E-state index contributed by atoms with van der Waals surface area (Å²) in [5.41, 5.74) is 0.632. The van der Waals surface area contributed by atoms with Crippen molar-refractivity contribution in [3.63, 3.8) is 0 Å². The van der Waals surface area contributed by atoms with Crippen LogP contribution in [0.5, 0.6) is 5.75 Å². The lowest BCUT2D eigenvalue weighted by molar-refractivity contribution is -0.111. The van der Waals surface area contributed by atoms with Gasteiger partial charge in [0.05, 0.1) is 7.11 Å². The summed E-state index contributed by atoms with van der Waals surface area (Å²) in [6.07, 6.45) is 3.05. The van der Waals surface area contributed by atoms with E-state index in [0.717, 1.165) is 10.6 Å². The third-order valence-electron chi connectivity index (χ3n) is 2.90. The van der Waals surface area contributed by atoms with Crippen molar-refractivity contribution in [2.24, 2.45) is 0 Å². The Morgan fingerprint density at radius 1 is 1.35 bits per heavy atom. The second-order valence-corrected chi connectivity index (χ2v) is 7.29. The summed E-state index contributed by atoms with van der Waals surface area (Å²) in [6.45, 7) is 6.14. The van der Waals surface area contributed by atoms with Crippen LogP contribution in [0.3, 0.4) is 0 Å². The third kappa shape index (κ3) is 4.77. The summed E-state index contributed by atoms with van der Waals surface area (Å²) in [5.74, 6) is 0.355. The van der Waals surface area contributed by atoms with E-state index in [2.05, 4.69) is 15.5 Å². The fraction of sp³-hybridized carbons (Fsp3) is 0.312. The van der Waals surface area contributed by atoms with Gasteiger partial charge in [-0.3, -0.25) is 10.1 Å². The first-order valence-corrected chi connectivity index (χ1v) is 8.15. The second kappa shape index (κ2) is 7.10. The summed E-state index contributed by atoms with van der Waals surface area (Å²) >= 11 is 7.32. The maximum absolute atomic E-state index is 12.0. The van der Waals surface area contributed by atoms with Gasteiger partial charge in [0, 0.05) is 22.1 Å². The molecule has 0 spiro atoms. The minimum atomic E-state index is -0.288. The van der Waals surface area contributed by atoms with E-state index in [-0.39, 0.29) is 11.3 Å². The molecule has 7 heteroatoms. The number of benzene rings is 1. The highest BCUT2D eigenvalue weighted by molar-refractivity contribution is 7.15. The number of aromatic nitrogens is 2. The smallest absolute Gasteiger partial charge is 0.250 e. The highest BCUT2D eigenvalue weighted by Gasteiger charge is 2.19. The van der Waals surface area contributed by atoms with Gasteiger partial charge in [-0.25, -0.2) is 0 Å². The summed E-state index contributed by atoms with van der Waals surface area (Å²) in [4.78, 5) is 12.0. The molecule has 0 bridgehead atoms. The quantitative estimate of drug-likeness (QED) is 0.840. The molecule has 0 aliphatic heterocycles. The van der Waals surface area contributed by atoms with Crippen LogP contribution >= 0.6 is 22.9 Å². The second-order valence-electron chi connectivity index (χ2n) is 5.87. The molecule has 5 nitrogen and oxygen atoms in total. The number of carbonyl (C=O) groups excluding carboxylic acids is 1. The van der Waals surface area contributed by atoms with E-state index in [1.54, 1.807) is 31.4 Å². The zero-order valence-electron chi connectivity index (χ0n) is 13.4. The van der Waals surface area contributed by atoms with Crippen molar-refractivity contribution in [2.75, 3.05) is 12.4 Å². The largest absolute Gasteiger partial charge is 0.496 e. The Kier molecular flexibility index (Phi) is 5.38. The van der Waals surface area contributed by atoms with Gasteiger partial charge in [-0.2, -0.15) is 0 Å². The Morgan fingerprint density at radius 3 is 2.70 bits per heavy atom. The fourth-order valence-corrected chi connectivity index (χ4v) is 2.71. The molecule has 0 fully saturated rings. The minimum absolute atomic E-state index is 0.0926. The average Bonchev–Trinajstić information content (AvgIpc) is 2.94. The highest BCUT2D eigenvalue weighted by atomic mass is 35.5. The van der Waals surface area contributed by atoms with E-state index in [9.17, 15) is 4.79 Å². The third-order valence-corrected chi connectivity index (χ3v) is 4.40. The van der Waals surface area contributed by atoms with Crippen molar-refractivity contribution in [3.05, 3.63) is 39.9 Å². The van der Waals surface area contributed by atoms with Crippen LogP contribution < -0.4 is 10.1 Å². The Hall–Kier alpha value is -1.92. The first-order valence-electron chi connectivity index (χ1n) is 6.96. The number of carbonyl (C=O) groups is 1. The molecule has 0 atom stereocenters. The van der Waals surface area contributed by atoms with Crippen LogP contribution in [0.4, 0.5) is 5.13 Å². The first-order chi connectivity index (χ1) is 10.8. The van der Waals surface area contributed by atoms with Gasteiger partial charge in [0.15, 0.2) is 0 Å². The van der Waals surface area contributed by atoms with Crippen molar-refractivity contribution in [1.29, 1.82) is 0 Å². The SMILES string of the molecule is COc1ccc(Cl)cc1/C=C/C(=O)Nc1nnc(C(C)(C)C)s1. The molecule has 122 valence electrons.